The highest BCUT2D eigenvalue weighted by molar-refractivity contribution is 5.81. The second-order valence-electron chi connectivity index (χ2n) is 4.72. The van der Waals surface area contributed by atoms with Crippen LogP contribution < -0.4 is 9.47 Å². The smallest absolute Gasteiger partial charge is 0.171 e. The fourth-order valence-electron chi connectivity index (χ4n) is 2.30. The van der Waals surface area contributed by atoms with Crippen LogP contribution in [0.4, 0.5) is 0 Å². The van der Waals surface area contributed by atoms with Crippen molar-refractivity contribution < 1.29 is 14.3 Å². The number of hydrogen-bond donors (Lipinski definition) is 0. The monoisotopic (exact) mass is 249 g/mol. The minimum atomic E-state index is 0.527. The summed E-state index contributed by atoms with van der Waals surface area (Å²) in [5.74, 6) is 1.70. The Balaban J connectivity index is 2.05. The maximum absolute atomic E-state index is 11.0. The van der Waals surface area contributed by atoms with Gasteiger partial charge in [0, 0.05) is 12.5 Å². The van der Waals surface area contributed by atoms with E-state index in [4.69, 9.17) is 9.47 Å². The summed E-state index contributed by atoms with van der Waals surface area (Å²) >= 11 is 0. The van der Waals surface area contributed by atoms with Crippen LogP contribution >= 0.6 is 0 Å². The molecule has 0 amide bonds. The van der Waals surface area contributed by atoms with Gasteiger partial charge in [-0.2, -0.15) is 0 Å². The lowest BCUT2D eigenvalue weighted by Crippen LogP contribution is -2.18. The summed E-state index contributed by atoms with van der Waals surface area (Å²) in [6.45, 7) is 2.79. The molecule has 98 valence electrons. The molecule has 1 aromatic rings. The van der Waals surface area contributed by atoms with E-state index in [9.17, 15) is 4.79 Å². The first-order valence-corrected chi connectivity index (χ1v) is 6.18. The normalized spacial score (nSPS) is 19.8. The molecular formula is C14H19NO3. The predicted molar refractivity (Wildman–Crippen MR) is 69.5 cm³/mol. The molecule has 2 rings (SSSR count). The molecule has 1 unspecified atom stereocenters. The number of carbonyl (C=O) groups is 1. The topological polar surface area (TPSA) is 38.8 Å². The summed E-state index contributed by atoms with van der Waals surface area (Å²) < 4.78 is 11.0. The van der Waals surface area contributed by atoms with E-state index in [0.717, 1.165) is 25.8 Å². The summed E-state index contributed by atoms with van der Waals surface area (Å²) in [5.41, 5.74) is 0.542. The van der Waals surface area contributed by atoms with Crippen LogP contribution in [0.1, 0.15) is 16.8 Å². The minimum Gasteiger partial charge on any atom is -0.493 e. The molecule has 1 saturated heterocycles. The summed E-state index contributed by atoms with van der Waals surface area (Å²) in [7, 11) is 3.69. The Hall–Kier alpha value is -1.55. The first-order valence-electron chi connectivity index (χ1n) is 6.18. The van der Waals surface area contributed by atoms with Crippen LogP contribution in [-0.2, 0) is 0 Å². The number of ether oxygens (including phenoxy) is 2. The van der Waals surface area contributed by atoms with E-state index in [2.05, 4.69) is 11.9 Å². The van der Waals surface area contributed by atoms with Crippen LogP contribution in [-0.4, -0.2) is 45.0 Å². The molecule has 1 aliphatic rings. The molecule has 0 saturated carbocycles. The number of methoxy groups -OCH3 is 1. The zero-order valence-electron chi connectivity index (χ0n) is 10.9. The van der Waals surface area contributed by atoms with Crippen LogP contribution in [0.25, 0.3) is 0 Å². The van der Waals surface area contributed by atoms with Gasteiger partial charge < -0.3 is 14.4 Å². The van der Waals surface area contributed by atoms with Gasteiger partial charge in [0.2, 0.25) is 0 Å². The van der Waals surface area contributed by atoms with Crippen LogP contribution in [0.2, 0.25) is 0 Å². The molecule has 1 aromatic carbocycles. The molecule has 1 fully saturated rings. The molecule has 1 aliphatic heterocycles. The summed E-state index contributed by atoms with van der Waals surface area (Å²) in [6.07, 6.45) is 1.95. The number of aldehydes is 1. The Morgan fingerprint density at radius 1 is 1.50 bits per heavy atom. The first kappa shape index (κ1) is 12.9. The van der Waals surface area contributed by atoms with E-state index in [1.165, 1.54) is 0 Å². The van der Waals surface area contributed by atoms with Gasteiger partial charge in [-0.1, -0.05) is 6.07 Å². The number of rotatable bonds is 5. The quantitative estimate of drug-likeness (QED) is 0.746. The molecule has 1 heterocycles. The maximum atomic E-state index is 11.0. The van der Waals surface area contributed by atoms with Gasteiger partial charge in [-0.05, 0) is 32.1 Å². The highest BCUT2D eigenvalue weighted by atomic mass is 16.5. The summed E-state index contributed by atoms with van der Waals surface area (Å²) in [6, 6.07) is 5.34. The van der Waals surface area contributed by atoms with Crippen molar-refractivity contribution in [1.29, 1.82) is 0 Å². The molecule has 1 atom stereocenters. The fourth-order valence-corrected chi connectivity index (χ4v) is 2.30. The van der Waals surface area contributed by atoms with Crippen molar-refractivity contribution in [1.82, 2.24) is 4.90 Å². The van der Waals surface area contributed by atoms with Crippen molar-refractivity contribution in [2.24, 2.45) is 5.92 Å². The zero-order chi connectivity index (χ0) is 13.0. The first-order chi connectivity index (χ1) is 8.74. The second kappa shape index (κ2) is 5.87. The molecule has 4 heteroatoms. The second-order valence-corrected chi connectivity index (χ2v) is 4.72. The molecule has 0 radical (unpaired) electrons. The van der Waals surface area contributed by atoms with Gasteiger partial charge in [-0.15, -0.1) is 0 Å². The Bertz CT molecular complexity index is 420. The van der Waals surface area contributed by atoms with Crippen molar-refractivity contribution in [3.63, 3.8) is 0 Å². The van der Waals surface area contributed by atoms with Gasteiger partial charge in [0.25, 0.3) is 0 Å². The maximum Gasteiger partial charge on any atom is 0.171 e. The van der Waals surface area contributed by atoms with E-state index in [1.54, 1.807) is 19.2 Å². The van der Waals surface area contributed by atoms with Gasteiger partial charge >= 0.3 is 0 Å². The lowest BCUT2D eigenvalue weighted by molar-refractivity contribution is 0.111. The van der Waals surface area contributed by atoms with E-state index in [0.29, 0.717) is 29.6 Å². The molecule has 0 aliphatic carbocycles. The van der Waals surface area contributed by atoms with Gasteiger partial charge in [0.15, 0.2) is 17.8 Å². The lowest BCUT2D eigenvalue weighted by atomic mass is 10.1. The van der Waals surface area contributed by atoms with Gasteiger partial charge in [0.05, 0.1) is 19.3 Å². The third kappa shape index (κ3) is 2.82. The third-order valence-electron chi connectivity index (χ3n) is 3.31. The molecule has 4 nitrogen and oxygen atoms in total. The fraction of sp³-hybridized carbons (Fsp3) is 0.500. The lowest BCUT2D eigenvalue weighted by Gasteiger charge is -2.15. The van der Waals surface area contributed by atoms with Crippen molar-refractivity contribution in [3.8, 4) is 11.5 Å². The van der Waals surface area contributed by atoms with Crippen LogP contribution in [0.15, 0.2) is 18.2 Å². The van der Waals surface area contributed by atoms with Crippen molar-refractivity contribution in [2.75, 3.05) is 33.9 Å². The van der Waals surface area contributed by atoms with Crippen LogP contribution in [0.3, 0.4) is 0 Å². The molecule has 0 bridgehead atoms. The Kier molecular flexibility index (Phi) is 4.20. The largest absolute Gasteiger partial charge is 0.493 e. The average Bonchev–Trinajstić information content (AvgIpc) is 2.81. The van der Waals surface area contributed by atoms with Crippen LogP contribution in [0.5, 0.6) is 11.5 Å². The molecular weight excluding hydrogens is 230 g/mol. The van der Waals surface area contributed by atoms with Crippen molar-refractivity contribution in [2.45, 2.75) is 6.42 Å². The number of likely N-dealkylation sites (tertiary alicyclic amines) is 1. The predicted octanol–water partition coefficient (Wildman–Crippen LogP) is 1.84. The highest BCUT2D eigenvalue weighted by Gasteiger charge is 2.21. The standard InChI is InChI=1S/C14H19NO3/c1-15-7-6-11(8-15)10-18-14-12(9-16)4-3-5-13(14)17-2/h3-5,9,11H,6-8,10H2,1-2H3. The molecule has 0 aromatic heterocycles. The Labute approximate surface area is 107 Å². The molecule has 0 spiro atoms. The van der Waals surface area contributed by atoms with Crippen molar-refractivity contribution in [3.05, 3.63) is 23.8 Å². The van der Waals surface area contributed by atoms with Crippen molar-refractivity contribution >= 4 is 6.29 Å². The Morgan fingerprint density at radius 3 is 2.94 bits per heavy atom. The average molecular weight is 249 g/mol. The number of nitrogens with zero attached hydrogens (tertiary/aromatic N) is 1. The number of hydrogen-bond acceptors (Lipinski definition) is 4. The number of carbonyl (C=O) groups excluding carboxylic acids is 1. The van der Waals surface area contributed by atoms with Gasteiger partial charge in [-0.25, -0.2) is 0 Å². The number of para-hydroxylation sites is 1. The minimum absolute atomic E-state index is 0.527. The number of benzene rings is 1. The van der Waals surface area contributed by atoms with Gasteiger partial charge in [0.1, 0.15) is 0 Å². The molecule has 0 N–H and O–H groups in total. The SMILES string of the molecule is COc1cccc(C=O)c1OCC1CCN(C)C1. The van der Waals surface area contributed by atoms with E-state index >= 15 is 0 Å². The van der Waals surface area contributed by atoms with E-state index < -0.39 is 0 Å². The Morgan fingerprint density at radius 2 is 2.33 bits per heavy atom. The van der Waals surface area contributed by atoms with Gasteiger partial charge in [-0.3, -0.25) is 4.79 Å². The van der Waals surface area contributed by atoms with Crippen LogP contribution in [0, 0.1) is 5.92 Å². The van der Waals surface area contributed by atoms with E-state index in [1.807, 2.05) is 6.07 Å². The molecule has 18 heavy (non-hydrogen) atoms. The third-order valence-corrected chi connectivity index (χ3v) is 3.31. The summed E-state index contributed by atoms with van der Waals surface area (Å²) in [4.78, 5) is 13.3. The zero-order valence-corrected chi connectivity index (χ0v) is 10.9. The van der Waals surface area contributed by atoms with E-state index in [-0.39, 0.29) is 0 Å². The highest BCUT2D eigenvalue weighted by Crippen LogP contribution is 2.31. The summed E-state index contributed by atoms with van der Waals surface area (Å²) in [5, 5.41) is 0.